The predicted molar refractivity (Wildman–Crippen MR) is 63.4 cm³/mol. The van der Waals surface area contributed by atoms with E-state index in [4.69, 9.17) is 14.2 Å². The van der Waals surface area contributed by atoms with Crippen LogP contribution >= 0.6 is 0 Å². The van der Waals surface area contributed by atoms with Crippen molar-refractivity contribution >= 4 is 0 Å². The topological polar surface area (TPSA) is 27.7 Å². The summed E-state index contributed by atoms with van der Waals surface area (Å²) < 4.78 is 17.3. The summed E-state index contributed by atoms with van der Waals surface area (Å²) in [6.45, 7) is 3.49. The Hall–Kier alpha value is -0.900. The lowest BCUT2D eigenvalue weighted by Gasteiger charge is -2.31. The standard InChI is InChI=1S/C14H18O3/c1-10-7-12(13-9-16-14(10)17-13)15-8-11-5-3-2-4-6-11/h2-6,10,12-14H,7-9H2,1H3/t10-,12-,13+,14+/m0/s1. The fraction of sp³-hybridized carbons (Fsp3) is 0.571. The number of rotatable bonds is 3. The minimum Gasteiger partial charge on any atom is -0.371 e. The highest BCUT2D eigenvalue weighted by atomic mass is 16.7. The van der Waals surface area contributed by atoms with Crippen molar-refractivity contribution in [1.82, 2.24) is 0 Å². The number of fused-ring (bicyclic) bond motifs is 2. The van der Waals surface area contributed by atoms with Crippen LogP contribution in [0.1, 0.15) is 18.9 Å². The lowest BCUT2D eigenvalue weighted by Crippen LogP contribution is -2.39. The van der Waals surface area contributed by atoms with Crippen LogP contribution in [-0.4, -0.2) is 25.1 Å². The number of benzene rings is 1. The molecule has 0 amide bonds. The molecule has 0 aromatic heterocycles. The summed E-state index contributed by atoms with van der Waals surface area (Å²) in [6, 6.07) is 10.3. The van der Waals surface area contributed by atoms with Crippen LogP contribution in [0.15, 0.2) is 30.3 Å². The molecule has 0 saturated carbocycles. The van der Waals surface area contributed by atoms with Gasteiger partial charge in [-0.25, -0.2) is 0 Å². The van der Waals surface area contributed by atoms with Gasteiger partial charge in [0.1, 0.15) is 6.10 Å². The molecule has 1 aromatic rings. The van der Waals surface area contributed by atoms with Gasteiger partial charge in [-0.05, 0) is 12.0 Å². The fourth-order valence-electron chi connectivity index (χ4n) is 2.52. The molecule has 4 atom stereocenters. The van der Waals surface area contributed by atoms with E-state index in [1.165, 1.54) is 5.56 Å². The minimum absolute atomic E-state index is 0.00317. The Kier molecular flexibility index (Phi) is 3.14. The largest absolute Gasteiger partial charge is 0.371 e. The Labute approximate surface area is 102 Å². The molecule has 2 bridgehead atoms. The van der Waals surface area contributed by atoms with Crippen molar-refractivity contribution in [3.8, 4) is 0 Å². The van der Waals surface area contributed by atoms with Crippen molar-refractivity contribution in [2.24, 2.45) is 5.92 Å². The third kappa shape index (κ3) is 2.37. The van der Waals surface area contributed by atoms with E-state index in [9.17, 15) is 0 Å². The molecule has 2 fully saturated rings. The van der Waals surface area contributed by atoms with Crippen molar-refractivity contribution in [3.63, 3.8) is 0 Å². The molecule has 3 heteroatoms. The zero-order valence-electron chi connectivity index (χ0n) is 10.0. The first-order chi connectivity index (χ1) is 8.33. The maximum atomic E-state index is 5.96. The summed E-state index contributed by atoms with van der Waals surface area (Å²) in [4.78, 5) is 0. The van der Waals surface area contributed by atoms with Crippen LogP contribution < -0.4 is 0 Å². The van der Waals surface area contributed by atoms with Gasteiger partial charge in [-0.1, -0.05) is 37.3 Å². The Morgan fingerprint density at radius 2 is 2.12 bits per heavy atom. The highest BCUT2D eigenvalue weighted by molar-refractivity contribution is 5.13. The highest BCUT2D eigenvalue weighted by Crippen LogP contribution is 2.33. The van der Waals surface area contributed by atoms with Gasteiger partial charge in [0, 0.05) is 5.92 Å². The quantitative estimate of drug-likeness (QED) is 0.803. The van der Waals surface area contributed by atoms with Crippen LogP contribution in [0.2, 0.25) is 0 Å². The summed E-state index contributed by atoms with van der Waals surface area (Å²) in [6.07, 6.45) is 1.32. The molecule has 3 rings (SSSR count). The van der Waals surface area contributed by atoms with E-state index in [1.807, 2.05) is 18.2 Å². The predicted octanol–water partition coefficient (Wildman–Crippen LogP) is 2.35. The fourth-order valence-corrected chi connectivity index (χ4v) is 2.52. The second kappa shape index (κ2) is 4.77. The van der Waals surface area contributed by atoms with Crippen LogP contribution in [0.5, 0.6) is 0 Å². The van der Waals surface area contributed by atoms with Gasteiger partial charge in [-0.2, -0.15) is 0 Å². The Balaban J connectivity index is 1.58. The summed E-state index contributed by atoms with van der Waals surface area (Å²) >= 11 is 0. The molecule has 2 saturated heterocycles. The molecule has 2 aliphatic heterocycles. The number of hydrogen-bond acceptors (Lipinski definition) is 3. The summed E-state index contributed by atoms with van der Waals surface area (Å²) in [5, 5.41) is 0. The van der Waals surface area contributed by atoms with Crippen molar-refractivity contribution in [1.29, 1.82) is 0 Å². The van der Waals surface area contributed by atoms with Gasteiger partial charge in [0.15, 0.2) is 6.29 Å². The maximum absolute atomic E-state index is 5.96. The van der Waals surface area contributed by atoms with Crippen LogP contribution in [0.3, 0.4) is 0 Å². The summed E-state index contributed by atoms with van der Waals surface area (Å²) in [7, 11) is 0. The van der Waals surface area contributed by atoms with Crippen LogP contribution in [0.4, 0.5) is 0 Å². The monoisotopic (exact) mass is 234 g/mol. The first-order valence-electron chi connectivity index (χ1n) is 6.25. The normalized spacial score (nSPS) is 36.1. The van der Waals surface area contributed by atoms with Gasteiger partial charge in [0.05, 0.1) is 19.3 Å². The molecule has 0 radical (unpaired) electrons. The van der Waals surface area contributed by atoms with Crippen molar-refractivity contribution in [2.75, 3.05) is 6.61 Å². The van der Waals surface area contributed by atoms with Gasteiger partial charge < -0.3 is 14.2 Å². The molecule has 0 aliphatic carbocycles. The minimum atomic E-state index is -0.00317. The molecule has 3 nitrogen and oxygen atoms in total. The third-order valence-corrected chi connectivity index (χ3v) is 3.52. The molecular weight excluding hydrogens is 216 g/mol. The van der Waals surface area contributed by atoms with E-state index in [2.05, 4.69) is 19.1 Å². The lowest BCUT2D eigenvalue weighted by molar-refractivity contribution is -0.165. The van der Waals surface area contributed by atoms with Crippen LogP contribution in [-0.2, 0) is 20.8 Å². The van der Waals surface area contributed by atoms with Crippen LogP contribution in [0.25, 0.3) is 0 Å². The Morgan fingerprint density at radius 1 is 1.29 bits per heavy atom. The lowest BCUT2D eigenvalue weighted by atomic mass is 9.98. The second-order valence-corrected chi connectivity index (χ2v) is 4.92. The third-order valence-electron chi connectivity index (χ3n) is 3.52. The Bertz CT molecular complexity index is 365. The van der Waals surface area contributed by atoms with E-state index in [0.29, 0.717) is 19.1 Å². The maximum Gasteiger partial charge on any atom is 0.160 e. The molecule has 0 spiro atoms. The zero-order valence-corrected chi connectivity index (χ0v) is 10.0. The van der Waals surface area contributed by atoms with E-state index in [1.54, 1.807) is 0 Å². The highest BCUT2D eigenvalue weighted by Gasteiger charge is 2.42. The first kappa shape index (κ1) is 11.2. The molecule has 0 unspecified atom stereocenters. The van der Waals surface area contributed by atoms with Gasteiger partial charge in [-0.15, -0.1) is 0 Å². The van der Waals surface area contributed by atoms with Crippen molar-refractivity contribution in [3.05, 3.63) is 35.9 Å². The van der Waals surface area contributed by atoms with E-state index in [0.717, 1.165) is 6.42 Å². The molecule has 17 heavy (non-hydrogen) atoms. The summed E-state index contributed by atoms with van der Waals surface area (Å²) in [5.74, 6) is 0.425. The van der Waals surface area contributed by atoms with Crippen molar-refractivity contribution in [2.45, 2.75) is 38.4 Å². The number of ether oxygens (including phenoxy) is 3. The van der Waals surface area contributed by atoms with Crippen molar-refractivity contribution < 1.29 is 14.2 Å². The average molecular weight is 234 g/mol. The SMILES string of the molecule is C[C@H]1C[C@H](OCc2ccccc2)[C@H]2CO[C@@H]1O2. The summed E-state index contributed by atoms with van der Waals surface area (Å²) in [5.41, 5.74) is 1.21. The van der Waals surface area contributed by atoms with Gasteiger partial charge in [0.2, 0.25) is 0 Å². The average Bonchev–Trinajstić information content (AvgIpc) is 2.80. The van der Waals surface area contributed by atoms with Crippen LogP contribution in [0, 0.1) is 5.92 Å². The molecule has 2 aliphatic rings. The molecule has 1 aromatic carbocycles. The van der Waals surface area contributed by atoms with Gasteiger partial charge >= 0.3 is 0 Å². The molecule has 0 N–H and O–H groups in total. The van der Waals surface area contributed by atoms with Gasteiger partial charge in [-0.3, -0.25) is 0 Å². The smallest absolute Gasteiger partial charge is 0.160 e. The first-order valence-corrected chi connectivity index (χ1v) is 6.25. The van der Waals surface area contributed by atoms with E-state index < -0.39 is 0 Å². The van der Waals surface area contributed by atoms with Gasteiger partial charge in [0.25, 0.3) is 0 Å². The Morgan fingerprint density at radius 3 is 2.94 bits per heavy atom. The zero-order chi connectivity index (χ0) is 11.7. The molecule has 2 heterocycles. The molecule has 92 valence electrons. The molecular formula is C14H18O3. The second-order valence-electron chi connectivity index (χ2n) is 4.92. The van der Waals surface area contributed by atoms with E-state index >= 15 is 0 Å². The number of hydrogen-bond donors (Lipinski definition) is 0. The van der Waals surface area contributed by atoms with E-state index in [-0.39, 0.29) is 18.5 Å².